The average molecular weight is 247 g/mol. The van der Waals surface area contributed by atoms with Crippen LogP contribution in [0.4, 0.5) is 0 Å². The van der Waals surface area contributed by atoms with Crippen LogP contribution in [0.2, 0.25) is 0 Å². The summed E-state index contributed by atoms with van der Waals surface area (Å²) in [5.41, 5.74) is 1.21. The number of ether oxygens (including phenoxy) is 1. The molecule has 0 fully saturated rings. The van der Waals surface area contributed by atoms with Gasteiger partial charge in [0.2, 0.25) is 0 Å². The minimum atomic E-state index is -0.136. The average Bonchev–Trinajstić information content (AvgIpc) is 2.39. The van der Waals surface area contributed by atoms with Crippen molar-refractivity contribution < 1.29 is 9.53 Å². The Morgan fingerprint density at radius 2 is 2.06 bits per heavy atom. The first kappa shape index (κ1) is 14.5. The van der Waals surface area contributed by atoms with Crippen molar-refractivity contribution in [2.75, 3.05) is 27.2 Å². The van der Waals surface area contributed by atoms with Gasteiger partial charge in [-0.25, -0.2) is 0 Å². The Bertz CT molecular complexity index is 373. The van der Waals surface area contributed by atoms with Crippen LogP contribution in [-0.2, 0) is 9.53 Å². The fourth-order valence-corrected chi connectivity index (χ4v) is 1.62. The monoisotopic (exact) mass is 247 g/mol. The van der Waals surface area contributed by atoms with Crippen molar-refractivity contribution in [3.05, 3.63) is 42.0 Å². The van der Waals surface area contributed by atoms with Gasteiger partial charge in [0.1, 0.15) is 0 Å². The van der Waals surface area contributed by atoms with Gasteiger partial charge < -0.3 is 9.64 Å². The zero-order valence-electron chi connectivity index (χ0n) is 11.1. The van der Waals surface area contributed by atoms with E-state index in [-0.39, 0.29) is 5.97 Å². The van der Waals surface area contributed by atoms with E-state index in [9.17, 15) is 4.79 Å². The molecule has 0 aliphatic rings. The number of carbonyl (C=O) groups excluding carboxylic acids is 1. The maximum Gasteiger partial charge on any atom is 0.305 e. The van der Waals surface area contributed by atoms with E-state index in [0.717, 1.165) is 19.5 Å². The molecule has 1 rings (SSSR count). The molecular formula is C15H21NO2. The number of likely N-dealkylation sites (N-methyl/N-ethyl adjacent to an activating group) is 1. The predicted octanol–water partition coefficient (Wildman–Crippen LogP) is 2.58. The predicted molar refractivity (Wildman–Crippen MR) is 74.2 cm³/mol. The maximum absolute atomic E-state index is 10.9. The Morgan fingerprint density at radius 3 is 2.72 bits per heavy atom. The van der Waals surface area contributed by atoms with Crippen molar-refractivity contribution in [1.82, 2.24) is 4.90 Å². The number of carbonyl (C=O) groups is 1. The van der Waals surface area contributed by atoms with Crippen LogP contribution < -0.4 is 0 Å². The van der Waals surface area contributed by atoms with Gasteiger partial charge in [-0.2, -0.15) is 0 Å². The highest BCUT2D eigenvalue weighted by Gasteiger charge is 2.01. The molecule has 3 heteroatoms. The van der Waals surface area contributed by atoms with Gasteiger partial charge in [0.25, 0.3) is 0 Å². The fourth-order valence-electron chi connectivity index (χ4n) is 1.62. The standard InChI is InChI=1S/C15H21NO2/c1-16(13-7-11-15(17)18-2)12-6-10-14-8-4-3-5-9-14/h3-6,8-10H,7,11-13H2,1-2H3. The summed E-state index contributed by atoms with van der Waals surface area (Å²) in [6.45, 7) is 1.78. The Labute approximate surface area is 109 Å². The lowest BCUT2D eigenvalue weighted by Gasteiger charge is -2.13. The van der Waals surface area contributed by atoms with Crippen molar-refractivity contribution in [3.8, 4) is 0 Å². The summed E-state index contributed by atoms with van der Waals surface area (Å²) >= 11 is 0. The maximum atomic E-state index is 10.9. The SMILES string of the molecule is COC(=O)CCCN(C)CC=Cc1ccccc1. The van der Waals surface area contributed by atoms with Gasteiger partial charge in [0.15, 0.2) is 0 Å². The molecule has 0 saturated heterocycles. The van der Waals surface area contributed by atoms with Crippen molar-refractivity contribution >= 4 is 12.0 Å². The van der Waals surface area contributed by atoms with Crippen LogP contribution in [0.15, 0.2) is 36.4 Å². The Hall–Kier alpha value is -1.61. The van der Waals surface area contributed by atoms with Crippen LogP contribution in [0.5, 0.6) is 0 Å². The number of esters is 1. The number of benzene rings is 1. The van der Waals surface area contributed by atoms with E-state index in [4.69, 9.17) is 0 Å². The van der Waals surface area contributed by atoms with Gasteiger partial charge in [0, 0.05) is 13.0 Å². The van der Waals surface area contributed by atoms with Crippen LogP contribution in [-0.4, -0.2) is 38.1 Å². The number of hydrogen-bond acceptors (Lipinski definition) is 3. The first-order valence-electron chi connectivity index (χ1n) is 6.19. The number of methoxy groups -OCH3 is 1. The second-order valence-electron chi connectivity index (χ2n) is 4.25. The molecule has 1 aromatic rings. The van der Waals surface area contributed by atoms with Crippen LogP contribution >= 0.6 is 0 Å². The molecule has 1 aromatic carbocycles. The van der Waals surface area contributed by atoms with Crippen molar-refractivity contribution in [2.24, 2.45) is 0 Å². The second kappa shape index (κ2) is 8.48. The highest BCUT2D eigenvalue weighted by Crippen LogP contribution is 2.01. The smallest absolute Gasteiger partial charge is 0.305 e. The molecule has 0 atom stereocenters. The van der Waals surface area contributed by atoms with Gasteiger partial charge in [0.05, 0.1) is 7.11 Å². The molecule has 18 heavy (non-hydrogen) atoms. The molecular weight excluding hydrogens is 226 g/mol. The molecule has 0 aromatic heterocycles. The van der Waals surface area contributed by atoms with Crippen molar-refractivity contribution in [3.63, 3.8) is 0 Å². The third-order valence-corrected chi connectivity index (χ3v) is 2.68. The molecule has 0 bridgehead atoms. The lowest BCUT2D eigenvalue weighted by molar-refractivity contribution is -0.140. The van der Waals surface area contributed by atoms with Gasteiger partial charge in [-0.05, 0) is 25.6 Å². The van der Waals surface area contributed by atoms with Crippen LogP contribution in [0.1, 0.15) is 18.4 Å². The molecule has 0 spiro atoms. The van der Waals surface area contributed by atoms with Gasteiger partial charge in [-0.15, -0.1) is 0 Å². The number of hydrogen-bond donors (Lipinski definition) is 0. The van der Waals surface area contributed by atoms with E-state index < -0.39 is 0 Å². The largest absolute Gasteiger partial charge is 0.469 e. The van der Waals surface area contributed by atoms with Crippen LogP contribution in [0, 0.1) is 0 Å². The summed E-state index contributed by atoms with van der Waals surface area (Å²) in [5.74, 6) is -0.136. The topological polar surface area (TPSA) is 29.5 Å². The molecule has 0 radical (unpaired) electrons. The van der Waals surface area contributed by atoms with E-state index in [1.807, 2.05) is 25.2 Å². The fraction of sp³-hybridized carbons (Fsp3) is 0.400. The first-order chi connectivity index (χ1) is 8.72. The molecule has 0 aliphatic heterocycles. The molecule has 3 nitrogen and oxygen atoms in total. The van der Waals surface area contributed by atoms with E-state index in [0.29, 0.717) is 6.42 Å². The summed E-state index contributed by atoms with van der Waals surface area (Å²) in [6, 6.07) is 10.2. The number of nitrogens with zero attached hydrogens (tertiary/aromatic N) is 1. The lowest BCUT2D eigenvalue weighted by Crippen LogP contribution is -2.20. The van der Waals surface area contributed by atoms with Crippen LogP contribution in [0.25, 0.3) is 6.08 Å². The van der Waals surface area contributed by atoms with Crippen molar-refractivity contribution in [2.45, 2.75) is 12.8 Å². The summed E-state index contributed by atoms with van der Waals surface area (Å²) in [5, 5.41) is 0. The van der Waals surface area contributed by atoms with Crippen molar-refractivity contribution in [1.29, 1.82) is 0 Å². The van der Waals surface area contributed by atoms with E-state index in [1.165, 1.54) is 12.7 Å². The molecule has 0 heterocycles. The normalized spacial score (nSPS) is 11.1. The zero-order valence-corrected chi connectivity index (χ0v) is 11.1. The Balaban J connectivity index is 2.19. The lowest BCUT2D eigenvalue weighted by atomic mass is 10.2. The van der Waals surface area contributed by atoms with Gasteiger partial charge in [-0.1, -0.05) is 42.5 Å². The summed E-state index contributed by atoms with van der Waals surface area (Å²) in [4.78, 5) is 13.1. The summed E-state index contributed by atoms with van der Waals surface area (Å²) in [6.07, 6.45) is 5.57. The Morgan fingerprint density at radius 1 is 1.33 bits per heavy atom. The zero-order chi connectivity index (χ0) is 13.2. The van der Waals surface area contributed by atoms with E-state index in [2.05, 4.69) is 33.9 Å². The molecule has 0 unspecified atom stereocenters. The van der Waals surface area contributed by atoms with Gasteiger partial charge in [-0.3, -0.25) is 4.79 Å². The van der Waals surface area contributed by atoms with E-state index in [1.54, 1.807) is 0 Å². The number of rotatable bonds is 7. The van der Waals surface area contributed by atoms with Gasteiger partial charge >= 0.3 is 5.97 Å². The second-order valence-corrected chi connectivity index (χ2v) is 4.25. The minimum Gasteiger partial charge on any atom is -0.469 e. The third kappa shape index (κ3) is 6.21. The summed E-state index contributed by atoms with van der Waals surface area (Å²) < 4.78 is 4.60. The highest BCUT2D eigenvalue weighted by atomic mass is 16.5. The molecule has 0 aliphatic carbocycles. The summed E-state index contributed by atoms with van der Waals surface area (Å²) in [7, 11) is 3.47. The first-order valence-corrected chi connectivity index (χ1v) is 6.19. The quantitative estimate of drug-likeness (QED) is 0.694. The van der Waals surface area contributed by atoms with Crippen LogP contribution in [0.3, 0.4) is 0 Å². The third-order valence-electron chi connectivity index (χ3n) is 2.68. The molecule has 0 saturated carbocycles. The molecule has 98 valence electrons. The Kier molecular flexibility index (Phi) is 6.81. The highest BCUT2D eigenvalue weighted by molar-refractivity contribution is 5.69. The van der Waals surface area contributed by atoms with E-state index >= 15 is 0 Å². The minimum absolute atomic E-state index is 0.136. The molecule has 0 N–H and O–H groups in total. The molecule has 0 amide bonds.